The highest BCUT2D eigenvalue weighted by Gasteiger charge is 2.25. The summed E-state index contributed by atoms with van der Waals surface area (Å²) in [4.78, 5) is 20.7. The van der Waals surface area contributed by atoms with E-state index in [4.69, 9.17) is 24.4 Å². The van der Waals surface area contributed by atoms with Gasteiger partial charge in [-0.05, 0) is 53.6 Å². The molecule has 7 nitrogen and oxygen atoms in total. The summed E-state index contributed by atoms with van der Waals surface area (Å²) < 4.78 is 11.3. The van der Waals surface area contributed by atoms with E-state index in [1.165, 1.54) is 10.8 Å². The van der Waals surface area contributed by atoms with Gasteiger partial charge in [-0.1, -0.05) is 152 Å². The highest BCUT2D eigenvalue weighted by atomic mass is 16.3. The number of aromatic nitrogens is 6. The van der Waals surface area contributed by atoms with Gasteiger partial charge in [0.1, 0.15) is 5.52 Å². The van der Waals surface area contributed by atoms with E-state index >= 15 is 0 Å². The van der Waals surface area contributed by atoms with Crippen molar-refractivity contribution in [2.24, 2.45) is 0 Å². The van der Waals surface area contributed by atoms with Crippen molar-refractivity contribution in [2.45, 2.75) is 0 Å². The lowest BCUT2D eigenvalue weighted by atomic mass is 10.0. The molecule has 12 rings (SSSR count). The van der Waals surface area contributed by atoms with Crippen molar-refractivity contribution in [2.75, 3.05) is 0 Å². The first-order valence-electron chi connectivity index (χ1n) is 19.7. The molecule has 0 aliphatic carbocycles. The molecule has 0 aliphatic rings. The monoisotopic (exact) mass is 756 g/mol. The van der Waals surface area contributed by atoms with Gasteiger partial charge in [-0.15, -0.1) is 0 Å². The second-order valence-electron chi connectivity index (χ2n) is 14.7. The van der Waals surface area contributed by atoms with E-state index in [1.807, 2.05) is 72.8 Å². The van der Waals surface area contributed by atoms with Crippen LogP contribution in [0, 0.1) is 0 Å². The normalized spacial score (nSPS) is 11.7. The smallest absolute Gasteiger partial charge is 0.238 e. The molecule has 0 spiro atoms. The van der Waals surface area contributed by atoms with Gasteiger partial charge in [-0.2, -0.15) is 9.97 Å². The van der Waals surface area contributed by atoms with Crippen molar-refractivity contribution >= 4 is 54.7 Å². The maximum absolute atomic E-state index is 6.75. The van der Waals surface area contributed by atoms with E-state index in [0.717, 1.165) is 71.9 Å². The zero-order chi connectivity index (χ0) is 38.9. The van der Waals surface area contributed by atoms with Crippen molar-refractivity contribution < 1.29 is 4.42 Å². The third kappa shape index (κ3) is 5.29. The van der Waals surface area contributed by atoms with E-state index < -0.39 is 0 Å². The molecule has 0 aliphatic heterocycles. The summed E-state index contributed by atoms with van der Waals surface area (Å²) in [6, 6.07) is 66.8. The minimum atomic E-state index is 0.497. The second kappa shape index (κ2) is 13.2. The molecule has 7 heteroatoms. The summed E-state index contributed by atoms with van der Waals surface area (Å²) in [6.07, 6.45) is 0. The number of hydrogen-bond donors (Lipinski definition) is 0. The minimum absolute atomic E-state index is 0.497. The summed E-state index contributed by atoms with van der Waals surface area (Å²) in [5, 5.41) is 4.29. The Labute approximate surface area is 338 Å². The molecule has 12 aromatic rings. The first-order valence-corrected chi connectivity index (χ1v) is 19.7. The number of rotatable bonds is 6. The number of benzene rings is 8. The van der Waals surface area contributed by atoms with Crippen LogP contribution in [0.5, 0.6) is 0 Å². The summed E-state index contributed by atoms with van der Waals surface area (Å²) in [7, 11) is 0. The lowest BCUT2D eigenvalue weighted by Gasteiger charge is -2.14. The molecule has 0 fully saturated rings. The maximum Gasteiger partial charge on any atom is 0.238 e. The molecule has 0 amide bonds. The van der Waals surface area contributed by atoms with E-state index in [9.17, 15) is 0 Å². The highest BCUT2D eigenvalue weighted by Crippen LogP contribution is 2.42. The molecular formula is C52H32N6O. The van der Waals surface area contributed by atoms with Crippen molar-refractivity contribution in [3.63, 3.8) is 0 Å². The molecule has 4 heterocycles. The molecular weight excluding hydrogens is 725 g/mol. The van der Waals surface area contributed by atoms with Gasteiger partial charge in [-0.3, -0.25) is 4.57 Å². The van der Waals surface area contributed by atoms with E-state index in [0.29, 0.717) is 29.1 Å². The van der Waals surface area contributed by atoms with Crippen molar-refractivity contribution in [3.8, 4) is 57.0 Å². The van der Waals surface area contributed by atoms with Crippen molar-refractivity contribution in [1.82, 2.24) is 29.1 Å². The van der Waals surface area contributed by atoms with Gasteiger partial charge in [-0.25, -0.2) is 9.97 Å². The molecule has 0 saturated heterocycles. The SMILES string of the molecule is c1ccc(-c2ccc(-c3nc(-c4ccccc4)nc(-n4c5ccc6nc(-c7ccccc7)oc6c5c5cccc(-n6c7ccccc7c7ccccc76)c54)n3)cc2)cc1. The molecule has 8 aromatic carbocycles. The fraction of sp³-hybridized carbons (Fsp3) is 0. The van der Waals surface area contributed by atoms with Gasteiger partial charge in [0.25, 0.3) is 0 Å². The van der Waals surface area contributed by atoms with E-state index in [2.05, 4.69) is 130 Å². The quantitative estimate of drug-likeness (QED) is 0.169. The predicted molar refractivity (Wildman–Crippen MR) is 238 cm³/mol. The van der Waals surface area contributed by atoms with Crippen LogP contribution in [0.3, 0.4) is 0 Å². The molecule has 0 bridgehead atoms. The zero-order valence-electron chi connectivity index (χ0n) is 31.6. The van der Waals surface area contributed by atoms with Crippen LogP contribution in [-0.4, -0.2) is 29.1 Å². The van der Waals surface area contributed by atoms with Crippen molar-refractivity contribution in [1.29, 1.82) is 0 Å². The van der Waals surface area contributed by atoms with Gasteiger partial charge in [0.15, 0.2) is 17.2 Å². The van der Waals surface area contributed by atoms with E-state index in [1.54, 1.807) is 0 Å². The van der Waals surface area contributed by atoms with Crippen LogP contribution in [0.1, 0.15) is 0 Å². The average molecular weight is 757 g/mol. The summed E-state index contributed by atoms with van der Waals surface area (Å²) in [5.74, 6) is 2.22. The molecule has 0 radical (unpaired) electrons. The first kappa shape index (κ1) is 33.0. The molecule has 0 N–H and O–H groups in total. The number of fused-ring (bicyclic) bond motifs is 8. The van der Waals surface area contributed by atoms with Crippen LogP contribution >= 0.6 is 0 Å². The Kier molecular flexibility index (Phi) is 7.40. The molecule has 0 saturated carbocycles. The van der Waals surface area contributed by atoms with Gasteiger partial charge in [0, 0.05) is 32.8 Å². The largest absolute Gasteiger partial charge is 0.435 e. The fourth-order valence-corrected chi connectivity index (χ4v) is 8.54. The van der Waals surface area contributed by atoms with Gasteiger partial charge in [0.2, 0.25) is 11.8 Å². The summed E-state index contributed by atoms with van der Waals surface area (Å²) in [6.45, 7) is 0. The van der Waals surface area contributed by atoms with Crippen LogP contribution in [0.4, 0.5) is 0 Å². The maximum atomic E-state index is 6.75. The standard InChI is InChI=1S/C52H32N6O/c1-4-15-33(16-5-1)34-27-29-36(30-28-34)50-54-49(35-17-6-2-7-18-35)55-52(56-50)58-44-32-31-41-48(59-51(53-41)37-19-8-3-9-20-37)46(44)40-23-14-26-45(47(40)58)57-42-24-12-10-21-38(42)39-22-11-13-25-43(39)57/h1-32H. The Hall–Kier alpha value is -8.16. The van der Waals surface area contributed by atoms with Gasteiger partial charge in [0.05, 0.1) is 33.1 Å². The van der Waals surface area contributed by atoms with Crippen molar-refractivity contribution in [3.05, 3.63) is 194 Å². The topological polar surface area (TPSA) is 74.6 Å². The summed E-state index contributed by atoms with van der Waals surface area (Å²) >= 11 is 0. The number of oxazole rings is 1. The summed E-state index contributed by atoms with van der Waals surface area (Å²) in [5.41, 5.74) is 11.5. The molecule has 4 aromatic heterocycles. The Balaban J connectivity index is 1.19. The lowest BCUT2D eigenvalue weighted by Crippen LogP contribution is -2.08. The first-order chi connectivity index (χ1) is 29.3. The third-order valence-electron chi connectivity index (χ3n) is 11.2. The van der Waals surface area contributed by atoms with Crippen LogP contribution in [0.15, 0.2) is 199 Å². The Morgan fingerprint density at radius 2 is 0.881 bits per heavy atom. The Bertz CT molecular complexity index is 3480. The minimum Gasteiger partial charge on any atom is -0.435 e. The fourth-order valence-electron chi connectivity index (χ4n) is 8.54. The van der Waals surface area contributed by atoms with Gasteiger partial charge >= 0.3 is 0 Å². The molecule has 0 atom stereocenters. The number of nitrogens with zero attached hydrogens (tertiary/aromatic N) is 6. The second-order valence-corrected chi connectivity index (χ2v) is 14.7. The van der Waals surface area contributed by atoms with Crippen LogP contribution < -0.4 is 0 Å². The van der Waals surface area contributed by atoms with E-state index in [-0.39, 0.29) is 0 Å². The molecule has 59 heavy (non-hydrogen) atoms. The molecule has 0 unspecified atom stereocenters. The van der Waals surface area contributed by atoms with Gasteiger partial charge < -0.3 is 8.98 Å². The van der Waals surface area contributed by atoms with Crippen LogP contribution in [0.2, 0.25) is 0 Å². The predicted octanol–water partition coefficient (Wildman–Crippen LogP) is 12.9. The highest BCUT2D eigenvalue weighted by molar-refractivity contribution is 6.21. The zero-order valence-corrected chi connectivity index (χ0v) is 31.6. The Morgan fingerprint density at radius 3 is 1.54 bits per heavy atom. The number of hydrogen-bond acceptors (Lipinski definition) is 5. The van der Waals surface area contributed by atoms with Crippen LogP contribution in [-0.2, 0) is 0 Å². The Morgan fingerprint density at radius 1 is 0.356 bits per heavy atom. The number of para-hydroxylation sites is 3. The van der Waals surface area contributed by atoms with Crippen LogP contribution in [0.25, 0.3) is 112 Å². The molecule has 276 valence electrons. The average Bonchev–Trinajstić information content (AvgIpc) is 4.00. The third-order valence-corrected chi connectivity index (χ3v) is 11.2. The lowest BCUT2D eigenvalue weighted by molar-refractivity contribution is 0.623.